The predicted octanol–water partition coefficient (Wildman–Crippen LogP) is 3.76. The van der Waals surface area contributed by atoms with E-state index in [0.717, 1.165) is 11.1 Å². The fourth-order valence-corrected chi connectivity index (χ4v) is 6.18. The summed E-state index contributed by atoms with van der Waals surface area (Å²) in [6.07, 6.45) is -0.0379. The van der Waals surface area contributed by atoms with Crippen LogP contribution in [-0.2, 0) is 22.7 Å². The lowest BCUT2D eigenvalue weighted by Gasteiger charge is -2.39. The van der Waals surface area contributed by atoms with Gasteiger partial charge in [0.1, 0.15) is 29.9 Å². The van der Waals surface area contributed by atoms with Gasteiger partial charge in [0.2, 0.25) is 5.91 Å². The van der Waals surface area contributed by atoms with Crippen molar-refractivity contribution in [3.63, 3.8) is 0 Å². The van der Waals surface area contributed by atoms with Crippen molar-refractivity contribution in [2.75, 3.05) is 26.8 Å². The van der Waals surface area contributed by atoms with Crippen LogP contribution in [0.1, 0.15) is 22.3 Å². The van der Waals surface area contributed by atoms with Crippen molar-refractivity contribution in [1.29, 1.82) is 0 Å². The Morgan fingerprint density at radius 1 is 0.918 bits per heavy atom. The molecule has 49 heavy (non-hydrogen) atoms. The first-order valence-corrected chi connectivity index (χ1v) is 16.0. The summed E-state index contributed by atoms with van der Waals surface area (Å²) in [5.41, 5.74) is 3.57. The van der Waals surface area contributed by atoms with Crippen LogP contribution in [0, 0.1) is 0 Å². The molecule has 3 amide bonds. The van der Waals surface area contributed by atoms with Crippen molar-refractivity contribution in [3.05, 3.63) is 113 Å². The average molecular weight is 663 g/mol. The van der Waals surface area contributed by atoms with E-state index in [1.54, 1.807) is 72.7 Å². The van der Waals surface area contributed by atoms with Crippen molar-refractivity contribution in [1.82, 2.24) is 20.1 Å². The molecular weight excluding hydrogens is 628 g/mol. The van der Waals surface area contributed by atoms with Crippen LogP contribution in [0.4, 0.5) is 0 Å². The molecule has 3 aliphatic rings. The van der Waals surface area contributed by atoms with Gasteiger partial charge >= 0.3 is 5.76 Å². The summed E-state index contributed by atoms with van der Waals surface area (Å²) in [5.74, 6) is 0.0924. The lowest BCUT2D eigenvalue weighted by Crippen LogP contribution is -2.58. The number of oxazole rings is 1. The van der Waals surface area contributed by atoms with Gasteiger partial charge in [-0.1, -0.05) is 36.4 Å². The molecule has 0 radical (unpaired) electrons. The van der Waals surface area contributed by atoms with Crippen molar-refractivity contribution in [2.24, 2.45) is 0 Å². The first kappa shape index (κ1) is 31.6. The summed E-state index contributed by atoms with van der Waals surface area (Å²) >= 11 is 0. The molecule has 1 saturated heterocycles. The van der Waals surface area contributed by atoms with E-state index in [4.69, 9.17) is 18.6 Å². The van der Waals surface area contributed by atoms with Crippen LogP contribution >= 0.6 is 0 Å². The number of fused-ring (bicyclic) bond motifs is 8. The van der Waals surface area contributed by atoms with Gasteiger partial charge in [0.05, 0.1) is 18.7 Å². The average Bonchev–Trinajstić information content (AvgIpc) is 3.44. The molecule has 250 valence electrons. The van der Waals surface area contributed by atoms with E-state index in [9.17, 15) is 19.2 Å². The third-order valence-electron chi connectivity index (χ3n) is 8.76. The number of hydrogen-bond donors (Lipinski definition) is 2. The first-order valence-electron chi connectivity index (χ1n) is 16.0. The molecule has 8 rings (SSSR count). The second kappa shape index (κ2) is 13.6. The molecule has 6 bridgehead atoms. The standard InChI is InChI=1S/C37H34N4O8/c1-46-31-14-11-25-18-28(31)24-5-4-6-27(17-24)47-22-34(42)38-19-23-9-12-26(13-10-23)48-32-15-16-40(20-29(32)39-36(25)44)35(43)21-41-30-7-2-3-8-33(30)49-37(41)45/h2-14,17-18,29,32H,15-16,19-22H2,1H3,(H,38,42)(H,39,44)/t29-,32-/m1/s1. The number of benzene rings is 4. The molecule has 12 nitrogen and oxygen atoms in total. The molecule has 12 heteroatoms. The topological polar surface area (TPSA) is 141 Å². The summed E-state index contributed by atoms with van der Waals surface area (Å²) in [7, 11) is 1.55. The maximum atomic E-state index is 13.9. The number of aromatic nitrogens is 1. The highest BCUT2D eigenvalue weighted by molar-refractivity contribution is 5.96. The molecule has 0 aliphatic carbocycles. The molecule has 2 N–H and O–H groups in total. The van der Waals surface area contributed by atoms with E-state index in [-0.39, 0.29) is 37.4 Å². The molecule has 1 fully saturated rings. The number of carbonyl (C=O) groups excluding carboxylic acids is 3. The third-order valence-corrected chi connectivity index (χ3v) is 8.76. The molecular formula is C37H34N4O8. The Bertz CT molecular complexity index is 2090. The molecule has 5 aromatic rings. The molecule has 4 aromatic carbocycles. The molecule has 3 aliphatic heterocycles. The molecule has 0 unspecified atom stereocenters. The van der Waals surface area contributed by atoms with E-state index in [1.807, 2.05) is 30.3 Å². The Kier molecular flexibility index (Phi) is 8.75. The number of hydrogen-bond acceptors (Lipinski definition) is 8. The SMILES string of the molecule is COc1ccc2cc1-c1cccc(c1)OCC(=O)NCc1ccc(cc1)O[C@@H]1CCN(C(=O)Cn3c(=O)oc4ccccc43)C[C@H]1NC2=O. The zero-order valence-corrected chi connectivity index (χ0v) is 26.7. The zero-order valence-electron chi connectivity index (χ0n) is 26.7. The maximum Gasteiger partial charge on any atom is 0.420 e. The number of methoxy groups -OCH3 is 1. The van der Waals surface area contributed by atoms with Gasteiger partial charge in [-0.3, -0.25) is 19.0 Å². The number of para-hydroxylation sites is 2. The summed E-state index contributed by atoms with van der Waals surface area (Å²) in [5, 5.41) is 5.99. The second-order valence-electron chi connectivity index (χ2n) is 11.9. The molecule has 2 atom stereocenters. The number of likely N-dealkylation sites (tertiary alicyclic amines) is 1. The van der Waals surface area contributed by atoms with E-state index in [2.05, 4.69) is 10.6 Å². The number of ether oxygens (including phenoxy) is 3. The minimum Gasteiger partial charge on any atom is -0.496 e. The van der Waals surface area contributed by atoms with Crippen molar-refractivity contribution >= 4 is 28.8 Å². The van der Waals surface area contributed by atoms with Crippen LogP contribution in [0.15, 0.2) is 100 Å². The third kappa shape index (κ3) is 6.84. The normalized spacial score (nSPS) is 18.0. The maximum absolute atomic E-state index is 13.9. The lowest BCUT2D eigenvalue weighted by molar-refractivity contribution is -0.134. The zero-order chi connectivity index (χ0) is 33.9. The number of amides is 3. The van der Waals surface area contributed by atoms with E-state index in [0.29, 0.717) is 59.0 Å². The quantitative estimate of drug-likeness (QED) is 0.298. The number of carbonyl (C=O) groups is 3. The summed E-state index contributed by atoms with van der Waals surface area (Å²) in [6.45, 7) is 0.454. The number of rotatable bonds is 3. The second-order valence-corrected chi connectivity index (χ2v) is 11.9. The van der Waals surface area contributed by atoms with Crippen LogP contribution in [0.3, 0.4) is 0 Å². The minimum atomic E-state index is -0.612. The van der Waals surface area contributed by atoms with Crippen molar-refractivity contribution < 1.29 is 33.0 Å². The van der Waals surface area contributed by atoms with E-state index >= 15 is 0 Å². The van der Waals surface area contributed by atoms with Gasteiger partial charge in [0, 0.05) is 37.2 Å². The highest BCUT2D eigenvalue weighted by atomic mass is 16.5. The van der Waals surface area contributed by atoms with E-state index in [1.165, 1.54) is 4.57 Å². The minimum absolute atomic E-state index is 0.159. The number of piperidine rings is 1. The predicted molar refractivity (Wildman–Crippen MR) is 180 cm³/mol. The number of nitrogens with zero attached hydrogens (tertiary/aromatic N) is 2. The fourth-order valence-electron chi connectivity index (χ4n) is 6.18. The number of nitrogens with one attached hydrogen (secondary N) is 2. The van der Waals surface area contributed by atoms with Crippen LogP contribution in [0.2, 0.25) is 0 Å². The Balaban J connectivity index is 1.19. The lowest BCUT2D eigenvalue weighted by atomic mass is 9.99. The van der Waals surface area contributed by atoms with Crippen LogP contribution in [0.25, 0.3) is 22.2 Å². The summed E-state index contributed by atoms with van der Waals surface area (Å²) < 4.78 is 24.4. The van der Waals surface area contributed by atoms with Gasteiger partial charge < -0.3 is 34.2 Å². The van der Waals surface area contributed by atoms with Gasteiger partial charge in [-0.25, -0.2) is 4.79 Å². The van der Waals surface area contributed by atoms with Crippen LogP contribution < -0.4 is 30.6 Å². The molecule has 0 spiro atoms. The van der Waals surface area contributed by atoms with Gasteiger partial charge in [-0.2, -0.15) is 0 Å². The summed E-state index contributed by atoms with van der Waals surface area (Å²) in [6, 6.07) is 26.0. The Hall–Kier alpha value is -6.04. The Labute approximate surface area is 281 Å². The Morgan fingerprint density at radius 2 is 1.76 bits per heavy atom. The smallest absolute Gasteiger partial charge is 0.420 e. The highest BCUT2D eigenvalue weighted by Crippen LogP contribution is 2.33. The Morgan fingerprint density at radius 3 is 2.59 bits per heavy atom. The van der Waals surface area contributed by atoms with Crippen molar-refractivity contribution in [3.8, 4) is 28.4 Å². The van der Waals surface area contributed by atoms with E-state index < -0.39 is 17.9 Å². The molecule has 0 saturated carbocycles. The largest absolute Gasteiger partial charge is 0.496 e. The van der Waals surface area contributed by atoms with Gasteiger partial charge in [-0.05, 0) is 65.7 Å². The summed E-state index contributed by atoms with van der Waals surface area (Å²) in [4.78, 5) is 54.3. The van der Waals surface area contributed by atoms with Gasteiger partial charge in [0.25, 0.3) is 11.8 Å². The van der Waals surface area contributed by atoms with Crippen LogP contribution in [0.5, 0.6) is 17.2 Å². The first-order chi connectivity index (χ1) is 23.8. The van der Waals surface area contributed by atoms with Crippen LogP contribution in [-0.4, -0.2) is 66.1 Å². The fraction of sp³-hybridized carbons (Fsp3) is 0.243. The monoisotopic (exact) mass is 662 g/mol. The van der Waals surface area contributed by atoms with Crippen molar-refractivity contribution in [2.45, 2.75) is 31.7 Å². The molecule has 4 heterocycles. The highest BCUT2D eigenvalue weighted by Gasteiger charge is 2.35. The van der Waals surface area contributed by atoms with Gasteiger partial charge in [-0.15, -0.1) is 0 Å². The van der Waals surface area contributed by atoms with Gasteiger partial charge in [0.15, 0.2) is 12.2 Å². The molecule has 1 aromatic heterocycles.